The van der Waals surface area contributed by atoms with Crippen LogP contribution in [0.2, 0.25) is 0 Å². The zero-order chi connectivity index (χ0) is 22.8. The molecule has 0 unspecified atom stereocenters. The molecule has 7 heteroatoms. The van der Waals surface area contributed by atoms with Gasteiger partial charge in [0.05, 0.1) is 13.7 Å². The number of ether oxygens (including phenoxy) is 1. The first-order valence-corrected chi connectivity index (χ1v) is 11.5. The van der Waals surface area contributed by atoms with Crippen LogP contribution in [0.15, 0.2) is 59.8 Å². The van der Waals surface area contributed by atoms with E-state index in [2.05, 4.69) is 22.3 Å². The van der Waals surface area contributed by atoms with Crippen LogP contribution in [0.4, 0.5) is 0 Å². The number of likely N-dealkylation sites (tertiary alicyclic amines) is 1. The van der Waals surface area contributed by atoms with E-state index in [-0.39, 0.29) is 11.8 Å². The molecule has 0 saturated carbocycles. The van der Waals surface area contributed by atoms with Gasteiger partial charge in [0, 0.05) is 43.0 Å². The van der Waals surface area contributed by atoms with Gasteiger partial charge < -0.3 is 14.6 Å². The molecule has 1 saturated heterocycles. The number of benzene rings is 2. The van der Waals surface area contributed by atoms with Gasteiger partial charge in [-0.25, -0.2) is 5.01 Å². The Morgan fingerprint density at radius 1 is 1.12 bits per heavy atom. The van der Waals surface area contributed by atoms with Crippen molar-refractivity contribution < 1.29 is 14.3 Å². The third-order valence-corrected chi connectivity index (χ3v) is 6.67. The number of rotatable bonds is 5. The van der Waals surface area contributed by atoms with Gasteiger partial charge in [-0.05, 0) is 48.1 Å². The summed E-state index contributed by atoms with van der Waals surface area (Å²) >= 11 is 0. The zero-order valence-electron chi connectivity index (χ0n) is 18.8. The minimum absolute atomic E-state index is 0.0381. The van der Waals surface area contributed by atoms with E-state index >= 15 is 0 Å². The molecule has 7 nitrogen and oxygen atoms in total. The fourth-order valence-electron chi connectivity index (χ4n) is 4.80. The molecule has 0 radical (unpaired) electrons. The van der Waals surface area contributed by atoms with Crippen molar-refractivity contribution in [2.45, 2.75) is 38.1 Å². The van der Waals surface area contributed by atoms with E-state index in [0.29, 0.717) is 44.1 Å². The average Bonchev–Trinajstić information content (AvgIpc) is 3.29. The van der Waals surface area contributed by atoms with E-state index in [9.17, 15) is 9.59 Å². The molecule has 2 amide bonds. The van der Waals surface area contributed by atoms with Gasteiger partial charge in [-0.3, -0.25) is 9.59 Å². The molecule has 0 aliphatic carbocycles. The van der Waals surface area contributed by atoms with Crippen molar-refractivity contribution in [3.05, 3.63) is 65.9 Å². The minimum atomic E-state index is -0.0420. The molecular weight excluding hydrogens is 416 g/mol. The van der Waals surface area contributed by atoms with Crippen molar-refractivity contribution >= 4 is 28.4 Å². The van der Waals surface area contributed by atoms with E-state index < -0.39 is 0 Å². The van der Waals surface area contributed by atoms with Gasteiger partial charge in [0.25, 0.3) is 5.91 Å². The second-order valence-electron chi connectivity index (χ2n) is 8.71. The average molecular weight is 445 g/mol. The number of carbonyl (C=O) groups is 2. The van der Waals surface area contributed by atoms with Gasteiger partial charge in [0.15, 0.2) is 0 Å². The minimum Gasteiger partial charge on any atom is -0.497 e. The van der Waals surface area contributed by atoms with Crippen LogP contribution in [0.5, 0.6) is 5.75 Å². The second-order valence-corrected chi connectivity index (χ2v) is 8.71. The van der Waals surface area contributed by atoms with Crippen molar-refractivity contribution in [1.82, 2.24) is 14.9 Å². The number of fused-ring (bicyclic) bond motifs is 1. The van der Waals surface area contributed by atoms with E-state index in [1.807, 2.05) is 47.4 Å². The summed E-state index contributed by atoms with van der Waals surface area (Å²) in [6, 6.07) is 15.8. The number of methoxy groups -OCH3 is 1. The number of piperidine rings is 1. The highest BCUT2D eigenvalue weighted by Gasteiger charge is 2.31. The number of hydrogen-bond acceptors (Lipinski definition) is 4. The van der Waals surface area contributed by atoms with Crippen molar-refractivity contribution in [2.75, 3.05) is 20.2 Å². The maximum absolute atomic E-state index is 13.2. The van der Waals surface area contributed by atoms with E-state index in [0.717, 1.165) is 29.7 Å². The number of carbonyl (C=O) groups excluding carboxylic acids is 2. The van der Waals surface area contributed by atoms with Crippen LogP contribution in [-0.4, -0.2) is 52.6 Å². The largest absolute Gasteiger partial charge is 0.497 e. The summed E-state index contributed by atoms with van der Waals surface area (Å²) < 4.78 is 5.40. The molecule has 0 spiro atoms. The Morgan fingerprint density at radius 3 is 2.67 bits per heavy atom. The molecule has 1 fully saturated rings. The maximum Gasteiger partial charge on any atom is 0.270 e. The monoisotopic (exact) mass is 444 g/mol. The first kappa shape index (κ1) is 21.2. The topological polar surface area (TPSA) is 78.0 Å². The summed E-state index contributed by atoms with van der Waals surface area (Å²) in [5.74, 6) is 1.16. The predicted molar refractivity (Wildman–Crippen MR) is 127 cm³/mol. The van der Waals surface area contributed by atoms with Crippen LogP contribution in [0.3, 0.4) is 0 Å². The molecule has 2 aromatic carbocycles. The lowest BCUT2D eigenvalue weighted by Gasteiger charge is -2.33. The summed E-state index contributed by atoms with van der Waals surface area (Å²) in [5.41, 5.74) is 3.87. The van der Waals surface area contributed by atoms with Crippen LogP contribution >= 0.6 is 0 Å². The molecule has 5 rings (SSSR count). The first-order valence-electron chi connectivity index (χ1n) is 11.5. The summed E-state index contributed by atoms with van der Waals surface area (Å²) in [6.07, 6.45) is 4.62. The molecule has 33 heavy (non-hydrogen) atoms. The molecule has 0 bridgehead atoms. The van der Waals surface area contributed by atoms with E-state index in [4.69, 9.17) is 4.74 Å². The zero-order valence-corrected chi connectivity index (χ0v) is 18.8. The molecule has 170 valence electrons. The van der Waals surface area contributed by atoms with Gasteiger partial charge in [-0.1, -0.05) is 30.3 Å². The van der Waals surface area contributed by atoms with Gasteiger partial charge in [-0.15, -0.1) is 0 Å². The van der Waals surface area contributed by atoms with Crippen molar-refractivity contribution in [1.29, 1.82) is 0 Å². The second kappa shape index (κ2) is 9.10. The van der Waals surface area contributed by atoms with Crippen LogP contribution in [0.1, 0.15) is 42.7 Å². The van der Waals surface area contributed by atoms with Crippen molar-refractivity contribution in [3.8, 4) is 5.75 Å². The Bertz CT molecular complexity index is 1190. The number of nitrogens with zero attached hydrogens (tertiary/aromatic N) is 3. The highest BCUT2D eigenvalue weighted by atomic mass is 16.5. The number of hydrogen-bond donors (Lipinski definition) is 1. The maximum atomic E-state index is 13.2. The number of nitrogens with one attached hydrogen (secondary N) is 1. The number of amides is 2. The first-order chi connectivity index (χ1) is 16.1. The lowest BCUT2D eigenvalue weighted by atomic mass is 9.89. The third-order valence-electron chi connectivity index (χ3n) is 6.67. The quantitative estimate of drug-likeness (QED) is 0.645. The fraction of sp³-hybridized carbons (Fsp3) is 0.346. The highest BCUT2D eigenvalue weighted by molar-refractivity contribution is 6.39. The summed E-state index contributed by atoms with van der Waals surface area (Å²) in [6.45, 7) is 1.76. The van der Waals surface area contributed by atoms with Gasteiger partial charge in [-0.2, -0.15) is 5.10 Å². The molecular formula is C26H28N4O3. The van der Waals surface area contributed by atoms with Crippen LogP contribution in [-0.2, 0) is 16.1 Å². The van der Waals surface area contributed by atoms with Crippen molar-refractivity contribution in [3.63, 3.8) is 0 Å². The number of aromatic amines is 1. The molecule has 3 aromatic rings. The normalized spacial score (nSPS) is 17.4. The molecule has 3 heterocycles. The van der Waals surface area contributed by atoms with Crippen molar-refractivity contribution in [2.24, 2.45) is 5.10 Å². The smallest absolute Gasteiger partial charge is 0.270 e. The predicted octanol–water partition coefficient (Wildman–Crippen LogP) is 4.06. The SMILES string of the molecule is COc1ccc2[nH]cc(C3CCN(C(=O)C4=NN(Cc5ccccc5)C(=O)CC4)CC3)c2c1. The molecule has 1 N–H and O–H groups in total. The molecule has 0 atom stereocenters. The summed E-state index contributed by atoms with van der Waals surface area (Å²) in [7, 11) is 1.68. The van der Waals surface area contributed by atoms with Gasteiger partial charge in [0.2, 0.25) is 5.91 Å². The van der Waals surface area contributed by atoms with Crippen LogP contribution in [0.25, 0.3) is 10.9 Å². The molecule has 2 aliphatic rings. The third kappa shape index (κ3) is 4.35. The Kier molecular flexibility index (Phi) is 5.86. The van der Waals surface area contributed by atoms with Crippen LogP contribution < -0.4 is 4.74 Å². The number of H-pyrrole nitrogens is 1. The number of hydrazone groups is 1. The summed E-state index contributed by atoms with van der Waals surface area (Å²) in [4.78, 5) is 30.8. The molecule has 2 aliphatic heterocycles. The van der Waals surface area contributed by atoms with E-state index in [1.165, 1.54) is 16.0 Å². The molecule has 1 aromatic heterocycles. The lowest BCUT2D eigenvalue weighted by Crippen LogP contribution is -2.44. The van der Waals surface area contributed by atoms with E-state index in [1.54, 1.807) is 7.11 Å². The highest BCUT2D eigenvalue weighted by Crippen LogP contribution is 2.35. The van der Waals surface area contributed by atoms with Gasteiger partial charge >= 0.3 is 0 Å². The Hall–Kier alpha value is -3.61. The van der Waals surface area contributed by atoms with Crippen LogP contribution in [0, 0.1) is 0 Å². The standard InChI is InChI=1S/C26H28N4O3/c1-33-20-7-8-23-21(15-20)22(16-27-23)19-11-13-29(14-12-19)26(32)24-9-10-25(31)30(28-24)17-18-5-3-2-4-6-18/h2-8,15-16,19,27H,9-14,17H2,1H3. The Morgan fingerprint density at radius 2 is 1.91 bits per heavy atom. The fourth-order valence-corrected chi connectivity index (χ4v) is 4.80. The van der Waals surface area contributed by atoms with Gasteiger partial charge in [0.1, 0.15) is 11.5 Å². The summed E-state index contributed by atoms with van der Waals surface area (Å²) in [5, 5.41) is 7.08. The Labute approximate surface area is 193 Å². The Balaban J connectivity index is 1.26. The lowest BCUT2D eigenvalue weighted by molar-refractivity contribution is -0.132. The number of aromatic nitrogens is 1.